The van der Waals surface area contributed by atoms with E-state index < -0.39 is 0 Å². The average Bonchev–Trinajstić information content (AvgIpc) is 2.90. The third-order valence-electron chi connectivity index (χ3n) is 2.93. The fraction of sp³-hybridized carbons (Fsp3) is 0.385. The summed E-state index contributed by atoms with van der Waals surface area (Å²) >= 11 is 0. The Labute approximate surface area is 106 Å². The summed E-state index contributed by atoms with van der Waals surface area (Å²) in [7, 11) is 0. The summed E-state index contributed by atoms with van der Waals surface area (Å²) in [6, 6.07) is 3.96. The summed E-state index contributed by atoms with van der Waals surface area (Å²) in [6.07, 6.45) is 1.91. The number of hydrogen-bond acceptors (Lipinski definition) is 2. The van der Waals surface area contributed by atoms with Crippen LogP contribution in [0.1, 0.15) is 41.8 Å². The van der Waals surface area contributed by atoms with Crippen LogP contribution in [0.25, 0.3) is 0 Å². The normalized spacial score (nSPS) is 10.9. The fourth-order valence-corrected chi connectivity index (χ4v) is 1.95. The van der Waals surface area contributed by atoms with E-state index in [2.05, 4.69) is 15.5 Å². The number of carbonyl (C=O) groups excluding carboxylic acids is 1. The lowest BCUT2D eigenvalue weighted by Crippen LogP contribution is -2.18. The first-order valence-electron chi connectivity index (χ1n) is 6.00. The Bertz CT molecular complexity index is 546. The third kappa shape index (κ3) is 2.16. The maximum absolute atomic E-state index is 12.2. The van der Waals surface area contributed by atoms with E-state index in [9.17, 15) is 4.79 Å². The van der Waals surface area contributed by atoms with Crippen LogP contribution >= 0.6 is 0 Å². The Morgan fingerprint density at radius 2 is 2.17 bits per heavy atom. The van der Waals surface area contributed by atoms with E-state index in [0.717, 1.165) is 17.1 Å². The predicted octanol–water partition coefficient (Wildman–Crippen LogP) is 2.66. The van der Waals surface area contributed by atoms with Crippen LogP contribution in [0.2, 0.25) is 0 Å². The van der Waals surface area contributed by atoms with Crippen LogP contribution in [0.3, 0.4) is 0 Å². The molecule has 2 N–H and O–H groups in total. The summed E-state index contributed by atoms with van der Waals surface area (Å²) in [4.78, 5) is 12.2. The summed E-state index contributed by atoms with van der Waals surface area (Å²) in [6.45, 7) is 7.84. The van der Waals surface area contributed by atoms with Gasteiger partial charge in [-0.3, -0.25) is 9.89 Å². The number of amides is 1. The zero-order valence-electron chi connectivity index (χ0n) is 11.1. The predicted molar refractivity (Wildman–Crippen MR) is 70.8 cm³/mol. The summed E-state index contributed by atoms with van der Waals surface area (Å²) in [5, 5.41) is 9.82. The van der Waals surface area contributed by atoms with E-state index in [0.29, 0.717) is 5.69 Å². The molecule has 0 bridgehead atoms. The number of hydrogen-bond donors (Lipinski definition) is 2. The quantitative estimate of drug-likeness (QED) is 0.874. The van der Waals surface area contributed by atoms with Crippen molar-refractivity contribution in [3.05, 3.63) is 35.4 Å². The lowest BCUT2D eigenvalue weighted by Gasteiger charge is -2.12. The van der Waals surface area contributed by atoms with Crippen LogP contribution in [0.15, 0.2) is 18.3 Å². The number of H-pyrrole nitrogens is 1. The molecule has 0 saturated heterocycles. The van der Waals surface area contributed by atoms with Gasteiger partial charge in [0, 0.05) is 12.2 Å². The molecule has 96 valence electrons. The van der Waals surface area contributed by atoms with Gasteiger partial charge in [-0.1, -0.05) is 0 Å². The zero-order chi connectivity index (χ0) is 13.3. The molecule has 0 spiro atoms. The minimum Gasteiger partial charge on any atom is -0.341 e. The number of carbonyl (C=O) groups is 1. The van der Waals surface area contributed by atoms with Crippen molar-refractivity contribution in [1.82, 2.24) is 14.8 Å². The molecule has 5 nitrogen and oxygen atoms in total. The Morgan fingerprint density at radius 1 is 1.44 bits per heavy atom. The molecule has 5 heteroatoms. The maximum Gasteiger partial charge on any atom is 0.272 e. The molecule has 0 atom stereocenters. The molecule has 0 aliphatic carbocycles. The highest BCUT2D eigenvalue weighted by Gasteiger charge is 2.15. The number of aromatic amines is 1. The van der Waals surface area contributed by atoms with Gasteiger partial charge >= 0.3 is 0 Å². The second-order valence-electron chi connectivity index (χ2n) is 4.66. The summed E-state index contributed by atoms with van der Waals surface area (Å²) in [5.74, 6) is -0.110. The monoisotopic (exact) mass is 246 g/mol. The molecule has 2 aromatic heterocycles. The van der Waals surface area contributed by atoms with Gasteiger partial charge in [0.05, 0.1) is 17.1 Å². The highest BCUT2D eigenvalue weighted by atomic mass is 16.2. The van der Waals surface area contributed by atoms with Gasteiger partial charge in [0.25, 0.3) is 5.91 Å². The largest absolute Gasteiger partial charge is 0.341 e. The highest BCUT2D eigenvalue weighted by molar-refractivity contribution is 6.03. The van der Waals surface area contributed by atoms with E-state index in [1.165, 1.54) is 0 Å². The molecule has 0 aliphatic heterocycles. The smallest absolute Gasteiger partial charge is 0.272 e. The topological polar surface area (TPSA) is 62.7 Å². The number of anilines is 1. The van der Waals surface area contributed by atoms with Crippen molar-refractivity contribution in [3.63, 3.8) is 0 Å². The van der Waals surface area contributed by atoms with Crippen molar-refractivity contribution in [1.29, 1.82) is 0 Å². The Kier molecular flexibility index (Phi) is 3.23. The van der Waals surface area contributed by atoms with Gasteiger partial charge in [0.15, 0.2) is 0 Å². The first-order valence-corrected chi connectivity index (χ1v) is 6.00. The number of nitrogens with zero attached hydrogens (tertiary/aromatic N) is 2. The van der Waals surface area contributed by atoms with Crippen LogP contribution in [0, 0.1) is 13.8 Å². The molecule has 0 aromatic carbocycles. The van der Waals surface area contributed by atoms with Crippen molar-refractivity contribution in [2.75, 3.05) is 5.32 Å². The van der Waals surface area contributed by atoms with E-state index >= 15 is 0 Å². The number of nitrogens with one attached hydrogen (secondary N) is 2. The second-order valence-corrected chi connectivity index (χ2v) is 4.66. The van der Waals surface area contributed by atoms with Gasteiger partial charge in [-0.2, -0.15) is 5.10 Å². The SMILES string of the molecule is Cc1n[nH]c(C)c1NC(=O)c1cccn1C(C)C. The van der Waals surface area contributed by atoms with Crippen LogP contribution < -0.4 is 5.32 Å². The fourth-order valence-electron chi connectivity index (χ4n) is 1.95. The number of aryl methyl sites for hydroxylation is 2. The van der Waals surface area contributed by atoms with Crippen molar-refractivity contribution < 1.29 is 4.79 Å². The molecule has 2 heterocycles. The number of aromatic nitrogens is 3. The van der Waals surface area contributed by atoms with Gasteiger partial charge in [-0.25, -0.2) is 0 Å². The van der Waals surface area contributed by atoms with Gasteiger partial charge in [0.2, 0.25) is 0 Å². The average molecular weight is 246 g/mol. The Hall–Kier alpha value is -2.04. The van der Waals surface area contributed by atoms with Crippen LogP contribution in [-0.4, -0.2) is 20.7 Å². The van der Waals surface area contributed by atoms with Crippen molar-refractivity contribution in [2.45, 2.75) is 33.7 Å². The molecule has 18 heavy (non-hydrogen) atoms. The standard InChI is InChI=1S/C13H18N4O/c1-8(2)17-7-5-6-11(17)13(18)14-12-9(3)15-16-10(12)4/h5-8H,1-4H3,(H,14,18)(H,15,16). The van der Waals surface area contributed by atoms with Gasteiger partial charge in [-0.15, -0.1) is 0 Å². The van der Waals surface area contributed by atoms with Crippen LogP contribution in [0.5, 0.6) is 0 Å². The molecule has 0 saturated carbocycles. The zero-order valence-corrected chi connectivity index (χ0v) is 11.1. The summed E-state index contributed by atoms with van der Waals surface area (Å²) < 4.78 is 1.94. The summed E-state index contributed by atoms with van der Waals surface area (Å²) in [5.41, 5.74) is 3.08. The molecule has 0 unspecified atom stereocenters. The van der Waals surface area contributed by atoms with Crippen molar-refractivity contribution in [2.24, 2.45) is 0 Å². The molecule has 2 rings (SSSR count). The maximum atomic E-state index is 12.2. The van der Waals surface area contributed by atoms with Crippen molar-refractivity contribution >= 4 is 11.6 Å². The highest BCUT2D eigenvalue weighted by Crippen LogP contribution is 2.18. The van der Waals surface area contributed by atoms with E-state index in [-0.39, 0.29) is 11.9 Å². The van der Waals surface area contributed by atoms with E-state index in [1.54, 1.807) is 0 Å². The lowest BCUT2D eigenvalue weighted by atomic mass is 10.3. The third-order valence-corrected chi connectivity index (χ3v) is 2.93. The van der Waals surface area contributed by atoms with Gasteiger partial charge < -0.3 is 9.88 Å². The first kappa shape index (κ1) is 12.4. The molecule has 0 fully saturated rings. The van der Waals surface area contributed by atoms with E-state index in [1.807, 2.05) is 50.6 Å². The number of rotatable bonds is 3. The molecular weight excluding hydrogens is 228 g/mol. The first-order chi connectivity index (χ1) is 8.50. The lowest BCUT2D eigenvalue weighted by molar-refractivity contribution is 0.101. The second kappa shape index (κ2) is 4.68. The molecule has 0 radical (unpaired) electrons. The van der Waals surface area contributed by atoms with Crippen LogP contribution in [0.4, 0.5) is 5.69 Å². The molecule has 2 aromatic rings. The van der Waals surface area contributed by atoms with Crippen molar-refractivity contribution in [3.8, 4) is 0 Å². The van der Waals surface area contributed by atoms with Gasteiger partial charge in [-0.05, 0) is 39.8 Å². The molecule has 0 aliphatic rings. The minimum atomic E-state index is -0.110. The Balaban J connectivity index is 2.25. The van der Waals surface area contributed by atoms with E-state index in [4.69, 9.17) is 0 Å². The van der Waals surface area contributed by atoms with Gasteiger partial charge in [0.1, 0.15) is 5.69 Å². The minimum absolute atomic E-state index is 0.110. The molecular formula is C13H18N4O. The molecule has 1 amide bonds. The Morgan fingerprint density at radius 3 is 2.72 bits per heavy atom. The van der Waals surface area contributed by atoms with Crippen LogP contribution in [-0.2, 0) is 0 Å².